The van der Waals surface area contributed by atoms with Gasteiger partial charge in [0.15, 0.2) is 11.5 Å². The number of benzene rings is 2. The molecule has 2 amide bonds. The van der Waals surface area contributed by atoms with Gasteiger partial charge in [-0.1, -0.05) is 29.3 Å². The Kier molecular flexibility index (Phi) is 9.14. The van der Waals surface area contributed by atoms with Crippen LogP contribution in [0.5, 0.6) is 11.5 Å². The molecule has 0 bridgehead atoms. The molecule has 1 aliphatic carbocycles. The molecular weight excluding hydrogens is 551 g/mol. The van der Waals surface area contributed by atoms with Crippen LogP contribution in [0.3, 0.4) is 0 Å². The first-order chi connectivity index (χ1) is 18.7. The van der Waals surface area contributed by atoms with Gasteiger partial charge in [0.2, 0.25) is 11.8 Å². The lowest BCUT2D eigenvalue weighted by atomic mass is 9.77. The van der Waals surface area contributed by atoms with Crippen molar-refractivity contribution in [3.8, 4) is 11.5 Å². The molecule has 1 heterocycles. The summed E-state index contributed by atoms with van der Waals surface area (Å²) in [5.74, 6) is -1.21. The third-order valence-corrected chi connectivity index (χ3v) is 7.30. The van der Waals surface area contributed by atoms with E-state index in [9.17, 15) is 24.6 Å². The summed E-state index contributed by atoms with van der Waals surface area (Å²) in [6.45, 7) is -0.618. The van der Waals surface area contributed by atoms with Crippen LogP contribution in [0.2, 0.25) is 10.0 Å². The molecule has 10 nitrogen and oxygen atoms in total. The van der Waals surface area contributed by atoms with Crippen molar-refractivity contribution in [1.29, 1.82) is 0 Å². The van der Waals surface area contributed by atoms with Crippen molar-refractivity contribution in [3.63, 3.8) is 0 Å². The fourth-order valence-corrected chi connectivity index (χ4v) is 5.43. The number of fused-ring (bicyclic) bond motifs is 3. The van der Waals surface area contributed by atoms with Crippen molar-refractivity contribution in [1.82, 2.24) is 10.2 Å². The molecule has 0 radical (unpaired) electrons. The van der Waals surface area contributed by atoms with Gasteiger partial charge in [-0.15, -0.1) is 0 Å². The van der Waals surface area contributed by atoms with E-state index in [4.69, 9.17) is 37.4 Å². The normalized spacial score (nSPS) is 21.2. The van der Waals surface area contributed by atoms with Crippen LogP contribution >= 0.6 is 23.2 Å². The standard InChI is InChI=1S/C27H28Cl2N2O8/c1-37-13-22(34)31(11-15-3-4-16(28)9-19(15)29)20-10-18(27(36)30-5-6-32)23-17-7-14(12-33)8-21(38-2)25(17)39-26(23)24(20)35/h3-4,7-10,12,20,23-24,26,32,35H,5-6,11,13H2,1-2H3,(H,30,36)/t20-,23+,24+,26+/m1/s1. The Balaban J connectivity index is 1.83. The first-order valence-electron chi connectivity index (χ1n) is 12.1. The molecule has 12 heteroatoms. The molecule has 2 aliphatic rings. The van der Waals surface area contributed by atoms with Crippen molar-refractivity contribution in [2.75, 3.05) is 34.0 Å². The maximum atomic E-state index is 13.3. The molecule has 39 heavy (non-hydrogen) atoms. The van der Waals surface area contributed by atoms with Crippen molar-refractivity contribution < 1.29 is 38.8 Å². The number of carbonyl (C=O) groups excluding carboxylic acids is 3. The average Bonchev–Trinajstić information content (AvgIpc) is 3.31. The van der Waals surface area contributed by atoms with Crippen LogP contribution < -0.4 is 14.8 Å². The lowest BCUT2D eigenvalue weighted by molar-refractivity contribution is -0.141. The zero-order valence-corrected chi connectivity index (χ0v) is 22.7. The minimum atomic E-state index is -1.30. The molecule has 208 valence electrons. The van der Waals surface area contributed by atoms with Gasteiger partial charge in [-0.05, 0) is 35.9 Å². The van der Waals surface area contributed by atoms with Crippen molar-refractivity contribution in [3.05, 3.63) is 68.7 Å². The van der Waals surface area contributed by atoms with Crippen LogP contribution in [0.4, 0.5) is 0 Å². The summed E-state index contributed by atoms with van der Waals surface area (Å²) in [5.41, 5.74) is 1.55. The van der Waals surface area contributed by atoms with E-state index in [2.05, 4.69) is 5.32 Å². The van der Waals surface area contributed by atoms with E-state index < -0.39 is 36.0 Å². The Bertz CT molecular complexity index is 1300. The summed E-state index contributed by atoms with van der Waals surface area (Å²) in [7, 11) is 2.79. The molecule has 0 saturated carbocycles. The van der Waals surface area contributed by atoms with E-state index in [-0.39, 0.29) is 43.4 Å². The Labute approximate surface area is 235 Å². The number of aliphatic hydroxyl groups excluding tert-OH is 2. The molecule has 0 unspecified atom stereocenters. The second kappa shape index (κ2) is 12.4. The predicted octanol–water partition coefficient (Wildman–Crippen LogP) is 2.11. The van der Waals surface area contributed by atoms with Gasteiger partial charge in [-0.3, -0.25) is 14.4 Å². The largest absolute Gasteiger partial charge is 0.493 e. The number of ether oxygens (including phenoxy) is 3. The quantitative estimate of drug-likeness (QED) is 0.365. The van der Waals surface area contributed by atoms with E-state index in [1.165, 1.54) is 31.3 Å². The number of hydrogen-bond donors (Lipinski definition) is 3. The molecule has 0 spiro atoms. The van der Waals surface area contributed by atoms with Gasteiger partial charge in [-0.25, -0.2) is 0 Å². The van der Waals surface area contributed by atoms with Gasteiger partial charge >= 0.3 is 0 Å². The molecule has 4 atom stereocenters. The van der Waals surface area contributed by atoms with Gasteiger partial charge in [0, 0.05) is 46.9 Å². The van der Waals surface area contributed by atoms with Gasteiger partial charge in [-0.2, -0.15) is 0 Å². The monoisotopic (exact) mass is 578 g/mol. The third-order valence-electron chi connectivity index (χ3n) is 6.71. The molecule has 0 aromatic heterocycles. The van der Waals surface area contributed by atoms with E-state index in [1.54, 1.807) is 24.3 Å². The summed E-state index contributed by atoms with van der Waals surface area (Å²) in [5, 5.41) is 24.3. The molecule has 0 fully saturated rings. The van der Waals surface area contributed by atoms with E-state index in [0.717, 1.165) is 0 Å². The maximum Gasteiger partial charge on any atom is 0.249 e. The van der Waals surface area contributed by atoms with Crippen LogP contribution in [-0.4, -0.2) is 85.4 Å². The van der Waals surface area contributed by atoms with Crippen molar-refractivity contribution in [2.24, 2.45) is 0 Å². The summed E-state index contributed by atoms with van der Waals surface area (Å²) >= 11 is 12.4. The van der Waals surface area contributed by atoms with E-state index >= 15 is 0 Å². The first kappa shape index (κ1) is 28.8. The number of aliphatic hydroxyl groups is 2. The first-order valence-corrected chi connectivity index (χ1v) is 12.8. The molecule has 2 aromatic rings. The molecule has 0 saturated heterocycles. The summed E-state index contributed by atoms with van der Waals surface area (Å²) in [6, 6.07) is 6.90. The van der Waals surface area contributed by atoms with Gasteiger partial charge in [0.05, 0.1) is 25.7 Å². The van der Waals surface area contributed by atoms with Gasteiger partial charge in [0.1, 0.15) is 25.1 Å². The Morgan fingerprint density at radius 1 is 1.21 bits per heavy atom. The third kappa shape index (κ3) is 5.75. The second-order valence-electron chi connectivity index (χ2n) is 9.09. The smallest absolute Gasteiger partial charge is 0.249 e. The fourth-order valence-electron chi connectivity index (χ4n) is 4.96. The van der Waals surface area contributed by atoms with Crippen LogP contribution in [-0.2, 0) is 20.9 Å². The summed E-state index contributed by atoms with van der Waals surface area (Å²) in [4.78, 5) is 39.6. The molecule has 1 aliphatic heterocycles. The fraction of sp³-hybridized carbons (Fsp3) is 0.370. The molecular formula is C27H28Cl2N2O8. The highest BCUT2D eigenvalue weighted by atomic mass is 35.5. The Hall–Kier alpha value is -3.15. The van der Waals surface area contributed by atoms with Crippen LogP contribution in [0, 0.1) is 0 Å². The number of carbonyl (C=O) groups is 3. The maximum absolute atomic E-state index is 13.3. The second-order valence-corrected chi connectivity index (χ2v) is 9.94. The number of methoxy groups -OCH3 is 2. The Morgan fingerprint density at radius 2 is 1.97 bits per heavy atom. The summed E-state index contributed by atoms with van der Waals surface area (Å²) in [6.07, 6.45) is -0.143. The number of halogens is 2. The highest BCUT2D eigenvalue weighted by Gasteiger charge is 2.51. The highest BCUT2D eigenvalue weighted by molar-refractivity contribution is 6.35. The van der Waals surface area contributed by atoms with Crippen molar-refractivity contribution >= 4 is 41.3 Å². The molecule has 2 aromatic carbocycles. The number of amides is 2. The topological polar surface area (TPSA) is 135 Å². The SMILES string of the molecule is COCC(=O)N(Cc1ccc(Cl)cc1Cl)[C@@H]1C=C(C(=O)NCCO)[C@@H]2c3cc(C=O)cc(OC)c3O[C@@H]2[C@H]1O. The lowest BCUT2D eigenvalue weighted by Gasteiger charge is -2.40. The molecule has 3 N–H and O–H groups in total. The number of nitrogens with one attached hydrogen (secondary N) is 1. The number of rotatable bonds is 10. The van der Waals surface area contributed by atoms with Gasteiger partial charge in [0.25, 0.3) is 0 Å². The number of hydrogen-bond acceptors (Lipinski definition) is 8. The minimum Gasteiger partial charge on any atom is -0.493 e. The predicted molar refractivity (Wildman–Crippen MR) is 142 cm³/mol. The Morgan fingerprint density at radius 3 is 2.62 bits per heavy atom. The zero-order chi connectivity index (χ0) is 28.3. The minimum absolute atomic E-state index is 0.0150. The van der Waals surface area contributed by atoms with E-state index in [0.29, 0.717) is 33.0 Å². The number of aldehydes is 1. The highest BCUT2D eigenvalue weighted by Crippen LogP contribution is 2.51. The number of nitrogens with zero attached hydrogens (tertiary/aromatic N) is 1. The molecule has 4 rings (SSSR count). The van der Waals surface area contributed by atoms with Crippen LogP contribution in [0.25, 0.3) is 0 Å². The van der Waals surface area contributed by atoms with E-state index in [1.807, 2.05) is 0 Å². The zero-order valence-electron chi connectivity index (χ0n) is 21.2. The van der Waals surface area contributed by atoms with Crippen LogP contribution in [0.1, 0.15) is 27.4 Å². The van der Waals surface area contributed by atoms with Crippen LogP contribution in [0.15, 0.2) is 42.0 Å². The van der Waals surface area contributed by atoms with Gasteiger partial charge < -0.3 is 34.6 Å². The average molecular weight is 579 g/mol. The van der Waals surface area contributed by atoms with Crippen molar-refractivity contribution in [2.45, 2.75) is 30.7 Å². The summed E-state index contributed by atoms with van der Waals surface area (Å²) < 4.78 is 16.7. The lowest BCUT2D eigenvalue weighted by Crippen LogP contribution is -2.56.